The zero-order chi connectivity index (χ0) is 19.8. The van der Waals surface area contributed by atoms with Crippen LogP contribution in [-0.4, -0.2) is 25.2 Å². The first kappa shape index (κ1) is 18.4. The molecule has 6 nitrogen and oxygen atoms in total. The Morgan fingerprint density at radius 3 is 2.54 bits per heavy atom. The molecule has 28 heavy (non-hydrogen) atoms. The molecule has 0 fully saturated rings. The van der Waals surface area contributed by atoms with E-state index in [2.05, 4.69) is 31.3 Å². The summed E-state index contributed by atoms with van der Waals surface area (Å²) >= 11 is 3.44. The van der Waals surface area contributed by atoms with Crippen LogP contribution in [0.3, 0.4) is 0 Å². The van der Waals surface area contributed by atoms with Crippen molar-refractivity contribution in [2.45, 2.75) is 27.3 Å². The Morgan fingerprint density at radius 2 is 1.82 bits per heavy atom. The lowest BCUT2D eigenvalue weighted by molar-refractivity contribution is 0.102. The van der Waals surface area contributed by atoms with Crippen LogP contribution >= 0.6 is 15.9 Å². The maximum atomic E-state index is 13.1. The van der Waals surface area contributed by atoms with Crippen molar-refractivity contribution in [2.24, 2.45) is 0 Å². The van der Waals surface area contributed by atoms with Crippen LogP contribution in [-0.2, 0) is 6.54 Å². The minimum absolute atomic E-state index is 0.205. The summed E-state index contributed by atoms with van der Waals surface area (Å²) in [5.74, 6) is 0.340. The van der Waals surface area contributed by atoms with E-state index >= 15 is 0 Å². The maximum Gasteiger partial charge on any atom is 0.261 e. The van der Waals surface area contributed by atoms with Crippen LogP contribution in [0.1, 0.15) is 28.7 Å². The van der Waals surface area contributed by atoms with E-state index in [9.17, 15) is 4.79 Å². The summed E-state index contributed by atoms with van der Waals surface area (Å²) in [5.41, 5.74) is 4.80. The number of benzene rings is 2. The molecule has 4 aromatic rings. The number of fused-ring (bicyclic) bond motifs is 1. The van der Waals surface area contributed by atoms with Gasteiger partial charge >= 0.3 is 0 Å². The summed E-state index contributed by atoms with van der Waals surface area (Å²) in [6, 6.07) is 15.7. The summed E-state index contributed by atoms with van der Waals surface area (Å²) in [7, 11) is 0. The van der Waals surface area contributed by atoms with Crippen molar-refractivity contribution in [1.29, 1.82) is 0 Å². The Balaban J connectivity index is 1.70. The molecule has 1 N–H and O–H groups in total. The summed E-state index contributed by atoms with van der Waals surface area (Å²) < 4.78 is 4.78. The second kappa shape index (κ2) is 7.24. The van der Waals surface area contributed by atoms with Crippen molar-refractivity contribution in [3.8, 4) is 5.69 Å². The number of aromatic nitrogens is 4. The molecule has 2 aromatic heterocycles. The number of anilines is 1. The Bertz CT molecular complexity index is 1170. The highest BCUT2D eigenvalue weighted by atomic mass is 79.9. The highest BCUT2D eigenvalue weighted by molar-refractivity contribution is 9.10. The molecule has 2 heterocycles. The number of carbonyl (C=O) groups is 1. The lowest BCUT2D eigenvalue weighted by atomic mass is 10.2. The van der Waals surface area contributed by atoms with E-state index in [1.807, 2.05) is 73.9 Å². The first-order valence-electron chi connectivity index (χ1n) is 9.08. The summed E-state index contributed by atoms with van der Waals surface area (Å²) in [6.45, 7) is 6.50. The van der Waals surface area contributed by atoms with Gasteiger partial charge in [0.1, 0.15) is 0 Å². The zero-order valence-corrected chi connectivity index (χ0v) is 17.5. The number of imidazole rings is 1. The van der Waals surface area contributed by atoms with Gasteiger partial charge in [0.2, 0.25) is 5.95 Å². The van der Waals surface area contributed by atoms with Gasteiger partial charge in [-0.25, -0.2) is 9.67 Å². The van der Waals surface area contributed by atoms with Crippen LogP contribution in [0.5, 0.6) is 0 Å². The van der Waals surface area contributed by atoms with Crippen LogP contribution in [0.25, 0.3) is 16.7 Å². The lowest BCUT2D eigenvalue weighted by Gasteiger charge is -2.08. The van der Waals surface area contributed by atoms with E-state index in [0.29, 0.717) is 23.8 Å². The standard InChI is InChI=1S/C21H20BrN5O/c1-4-26-18-8-6-5-7-17(18)23-21(26)24-20(28)19-13(2)25-27(14(19)3)16-11-9-15(22)10-12-16/h5-12H,4H2,1-3H3,(H,23,24,28). The average Bonchev–Trinajstić information content (AvgIpc) is 3.18. The molecule has 7 heteroatoms. The molecule has 0 unspecified atom stereocenters. The molecular formula is C21H20BrN5O. The van der Waals surface area contributed by atoms with Gasteiger partial charge in [0, 0.05) is 11.0 Å². The van der Waals surface area contributed by atoms with Crippen LogP contribution in [0, 0.1) is 13.8 Å². The van der Waals surface area contributed by atoms with Crippen molar-refractivity contribution in [2.75, 3.05) is 5.32 Å². The van der Waals surface area contributed by atoms with E-state index in [-0.39, 0.29) is 5.91 Å². The van der Waals surface area contributed by atoms with Crippen molar-refractivity contribution in [3.05, 3.63) is 70.0 Å². The van der Waals surface area contributed by atoms with Crippen molar-refractivity contribution in [1.82, 2.24) is 19.3 Å². The molecule has 0 aliphatic carbocycles. The number of hydrogen-bond donors (Lipinski definition) is 1. The van der Waals surface area contributed by atoms with E-state index in [0.717, 1.165) is 26.9 Å². The quantitative estimate of drug-likeness (QED) is 0.494. The minimum atomic E-state index is -0.205. The van der Waals surface area contributed by atoms with Gasteiger partial charge in [-0.05, 0) is 57.2 Å². The van der Waals surface area contributed by atoms with Crippen LogP contribution in [0.2, 0.25) is 0 Å². The number of amides is 1. The van der Waals surface area contributed by atoms with Crippen molar-refractivity contribution in [3.63, 3.8) is 0 Å². The summed E-state index contributed by atoms with van der Waals surface area (Å²) in [6.07, 6.45) is 0. The van der Waals surface area contributed by atoms with Crippen molar-refractivity contribution >= 4 is 38.8 Å². The molecule has 0 radical (unpaired) electrons. The number of rotatable bonds is 4. The molecule has 1 amide bonds. The normalized spacial score (nSPS) is 11.1. The molecule has 2 aromatic carbocycles. The highest BCUT2D eigenvalue weighted by Gasteiger charge is 2.21. The van der Waals surface area contributed by atoms with Crippen molar-refractivity contribution < 1.29 is 4.79 Å². The fourth-order valence-electron chi connectivity index (χ4n) is 3.46. The highest BCUT2D eigenvalue weighted by Crippen LogP contribution is 2.23. The summed E-state index contributed by atoms with van der Waals surface area (Å²) in [5, 5.41) is 7.55. The van der Waals surface area contributed by atoms with Gasteiger partial charge < -0.3 is 4.57 Å². The SMILES string of the molecule is CCn1c(NC(=O)c2c(C)nn(-c3ccc(Br)cc3)c2C)nc2ccccc21. The predicted molar refractivity (Wildman–Crippen MR) is 114 cm³/mol. The van der Waals surface area contributed by atoms with Gasteiger partial charge in [0.15, 0.2) is 0 Å². The first-order valence-corrected chi connectivity index (χ1v) is 9.87. The fraction of sp³-hybridized carbons (Fsp3) is 0.190. The molecule has 0 saturated heterocycles. The Labute approximate surface area is 171 Å². The number of hydrogen-bond acceptors (Lipinski definition) is 3. The number of nitrogens with one attached hydrogen (secondary N) is 1. The second-order valence-corrected chi connectivity index (χ2v) is 7.47. The molecule has 0 bridgehead atoms. The molecule has 0 atom stereocenters. The van der Waals surface area contributed by atoms with E-state index in [4.69, 9.17) is 0 Å². The van der Waals surface area contributed by atoms with E-state index < -0.39 is 0 Å². The molecule has 0 aliphatic rings. The number of aryl methyl sites for hydroxylation is 2. The first-order chi connectivity index (χ1) is 13.5. The average molecular weight is 438 g/mol. The number of nitrogens with zero attached hydrogens (tertiary/aromatic N) is 4. The van der Waals surface area contributed by atoms with Gasteiger partial charge in [-0.1, -0.05) is 28.1 Å². The van der Waals surface area contributed by atoms with Gasteiger partial charge in [-0.2, -0.15) is 5.10 Å². The predicted octanol–water partition coefficient (Wildman–Crippen LogP) is 4.87. The largest absolute Gasteiger partial charge is 0.310 e. The molecular weight excluding hydrogens is 418 g/mol. The number of halogens is 1. The zero-order valence-electron chi connectivity index (χ0n) is 15.9. The minimum Gasteiger partial charge on any atom is -0.310 e. The molecule has 0 saturated carbocycles. The third-order valence-corrected chi connectivity index (χ3v) is 5.31. The van der Waals surface area contributed by atoms with E-state index in [1.165, 1.54) is 0 Å². The molecule has 0 spiro atoms. The van der Waals surface area contributed by atoms with Crippen LogP contribution in [0.15, 0.2) is 53.0 Å². The second-order valence-electron chi connectivity index (χ2n) is 6.56. The Morgan fingerprint density at radius 1 is 1.11 bits per heavy atom. The van der Waals surface area contributed by atoms with Gasteiger partial charge in [-0.15, -0.1) is 0 Å². The molecule has 142 valence electrons. The maximum absolute atomic E-state index is 13.1. The Hall–Kier alpha value is -2.93. The molecule has 0 aliphatic heterocycles. The Kier molecular flexibility index (Phi) is 4.77. The third kappa shape index (κ3) is 3.11. The van der Waals surface area contributed by atoms with Crippen LogP contribution < -0.4 is 5.32 Å². The number of para-hydroxylation sites is 2. The van der Waals surface area contributed by atoms with Gasteiger partial charge in [-0.3, -0.25) is 10.1 Å². The fourth-order valence-corrected chi connectivity index (χ4v) is 3.72. The monoisotopic (exact) mass is 437 g/mol. The van der Waals surface area contributed by atoms with Gasteiger partial charge in [0.25, 0.3) is 5.91 Å². The third-order valence-electron chi connectivity index (χ3n) is 4.79. The topological polar surface area (TPSA) is 64.7 Å². The number of carbonyl (C=O) groups excluding carboxylic acids is 1. The van der Waals surface area contributed by atoms with E-state index in [1.54, 1.807) is 4.68 Å². The van der Waals surface area contributed by atoms with Crippen LogP contribution in [0.4, 0.5) is 5.95 Å². The lowest BCUT2D eigenvalue weighted by Crippen LogP contribution is -2.17. The summed E-state index contributed by atoms with van der Waals surface area (Å²) in [4.78, 5) is 17.7. The van der Waals surface area contributed by atoms with Gasteiger partial charge in [0.05, 0.1) is 33.7 Å². The smallest absolute Gasteiger partial charge is 0.261 e. The molecule has 4 rings (SSSR count).